The van der Waals surface area contributed by atoms with E-state index in [2.05, 4.69) is 31.1 Å². The highest BCUT2D eigenvalue weighted by atomic mass is 15.1. The van der Waals surface area contributed by atoms with Crippen LogP contribution in [-0.2, 0) is 0 Å². The molecule has 1 aliphatic heterocycles. The van der Waals surface area contributed by atoms with Crippen molar-refractivity contribution in [3.63, 3.8) is 0 Å². The van der Waals surface area contributed by atoms with Crippen molar-refractivity contribution in [1.29, 1.82) is 0 Å². The fraction of sp³-hybridized carbons (Fsp3) is 1.00. The van der Waals surface area contributed by atoms with Gasteiger partial charge >= 0.3 is 0 Å². The summed E-state index contributed by atoms with van der Waals surface area (Å²) in [6.45, 7) is 8.28. The van der Waals surface area contributed by atoms with E-state index in [-0.39, 0.29) is 0 Å². The first-order valence-electron chi connectivity index (χ1n) is 5.60. The van der Waals surface area contributed by atoms with Crippen LogP contribution in [0.15, 0.2) is 0 Å². The lowest BCUT2D eigenvalue weighted by Gasteiger charge is -2.30. The van der Waals surface area contributed by atoms with E-state index in [9.17, 15) is 0 Å². The topological polar surface area (TPSA) is 15.3 Å². The highest BCUT2D eigenvalue weighted by Crippen LogP contribution is 2.08. The lowest BCUT2D eigenvalue weighted by Crippen LogP contribution is -2.44. The molecule has 1 atom stereocenters. The Labute approximate surface area is 82.7 Å². The van der Waals surface area contributed by atoms with Gasteiger partial charge in [0.05, 0.1) is 0 Å². The van der Waals surface area contributed by atoms with Crippen molar-refractivity contribution in [1.82, 2.24) is 10.2 Å². The minimum absolute atomic E-state index is 0.748. The fourth-order valence-electron chi connectivity index (χ4n) is 1.91. The summed E-state index contributed by atoms with van der Waals surface area (Å²) >= 11 is 0. The second kappa shape index (κ2) is 5.61. The van der Waals surface area contributed by atoms with E-state index in [0.29, 0.717) is 0 Å². The van der Waals surface area contributed by atoms with Gasteiger partial charge in [0.15, 0.2) is 0 Å². The number of piperidine rings is 1. The molecule has 0 saturated carbocycles. The van der Waals surface area contributed by atoms with Crippen molar-refractivity contribution in [2.24, 2.45) is 5.92 Å². The van der Waals surface area contributed by atoms with E-state index < -0.39 is 0 Å². The molecule has 0 aromatic heterocycles. The molecule has 2 heteroatoms. The summed E-state index contributed by atoms with van der Waals surface area (Å²) in [6, 6.07) is 0.748. The zero-order valence-corrected chi connectivity index (χ0v) is 9.34. The monoisotopic (exact) mass is 184 g/mol. The molecule has 0 aromatic rings. The molecule has 1 N–H and O–H groups in total. The molecule has 1 heterocycles. The van der Waals surface area contributed by atoms with Crippen LogP contribution in [0.1, 0.15) is 33.1 Å². The van der Waals surface area contributed by atoms with Gasteiger partial charge in [0, 0.05) is 12.6 Å². The van der Waals surface area contributed by atoms with Crippen LogP contribution >= 0.6 is 0 Å². The lowest BCUT2D eigenvalue weighted by molar-refractivity contribution is 0.226. The SMILES string of the molecule is CC(C)CCNC1CCCN(C)C1. The summed E-state index contributed by atoms with van der Waals surface area (Å²) in [6.07, 6.45) is 4.03. The Bertz CT molecular complexity index is 134. The number of likely N-dealkylation sites (tertiary alicyclic amines) is 1. The first-order chi connectivity index (χ1) is 6.18. The van der Waals surface area contributed by atoms with Crippen molar-refractivity contribution < 1.29 is 0 Å². The third-order valence-corrected chi connectivity index (χ3v) is 2.78. The van der Waals surface area contributed by atoms with Crippen LogP contribution in [-0.4, -0.2) is 37.6 Å². The maximum Gasteiger partial charge on any atom is 0.0195 e. The predicted molar refractivity (Wildman–Crippen MR) is 58.0 cm³/mol. The number of hydrogen-bond donors (Lipinski definition) is 1. The standard InChI is InChI=1S/C11H24N2/c1-10(2)6-7-12-11-5-4-8-13(3)9-11/h10-12H,4-9H2,1-3H3. The Hall–Kier alpha value is -0.0800. The van der Waals surface area contributed by atoms with Gasteiger partial charge in [0.2, 0.25) is 0 Å². The molecule has 0 radical (unpaired) electrons. The molecule has 1 saturated heterocycles. The smallest absolute Gasteiger partial charge is 0.0195 e. The van der Waals surface area contributed by atoms with Gasteiger partial charge in [-0.1, -0.05) is 13.8 Å². The second-order valence-corrected chi connectivity index (χ2v) is 4.74. The highest BCUT2D eigenvalue weighted by Gasteiger charge is 2.15. The minimum Gasteiger partial charge on any atom is -0.313 e. The summed E-state index contributed by atoms with van der Waals surface area (Å²) in [5, 5.41) is 3.64. The molecule has 0 bridgehead atoms. The van der Waals surface area contributed by atoms with E-state index in [1.54, 1.807) is 0 Å². The Balaban J connectivity index is 2.06. The Kier molecular flexibility index (Phi) is 4.74. The maximum atomic E-state index is 3.64. The summed E-state index contributed by atoms with van der Waals surface area (Å²) in [7, 11) is 2.22. The quantitative estimate of drug-likeness (QED) is 0.715. The van der Waals surface area contributed by atoms with Crippen molar-refractivity contribution in [3.05, 3.63) is 0 Å². The fourth-order valence-corrected chi connectivity index (χ4v) is 1.91. The van der Waals surface area contributed by atoms with E-state index in [4.69, 9.17) is 0 Å². The minimum atomic E-state index is 0.748. The van der Waals surface area contributed by atoms with Gasteiger partial charge in [-0.2, -0.15) is 0 Å². The first kappa shape index (κ1) is 11.0. The van der Waals surface area contributed by atoms with Crippen molar-refractivity contribution in [2.75, 3.05) is 26.7 Å². The number of rotatable bonds is 4. The van der Waals surface area contributed by atoms with Gasteiger partial charge < -0.3 is 10.2 Å². The molecule has 1 fully saturated rings. The van der Waals surface area contributed by atoms with Crippen LogP contribution in [0.2, 0.25) is 0 Å². The maximum absolute atomic E-state index is 3.64. The Morgan fingerprint density at radius 2 is 2.23 bits per heavy atom. The summed E-state index contributed by atoms with van der Waals surface area (Å²) in [4.78, 5) is 2.43. The summed E-state index contributed by atoms with van der Waals surface area (Å²) in [5.74, 6) is 0.828. The second-order valence-electron chi connectivity index (χ2n) is 4.74. The van der Waals surface area contributed by atoms with Crippen LogP contribution in [0.5, 0.6) is 0 Å². The van der Waals surface area contributed by atoms with Gasteiger partial charge in [0.1, 0.15) is 0 Å². The first-order valence-corrected chi connectivity index (χ1v) is 5.60. The molecule has 2 nitrogen and oxygen atoms in total. The number of hydrogen-bond acceptors (Lipinski definition) is 2. The van der Waals surface area contributed by atoms with Crippen LogP contribution < -0.4 is 5.32 Å². The average Bonchev–Trinajstić information content (AvgIpc) is 2.03. The molecular weight excluding hydrogens is 160 g/mol. The molecular formula is C11H24N2. The predicted octanol–water partition coefficient (Wildman–Crippen LogP) is 1.72. The highest BCUT2D eigenvalue weighted by molar-refractivity contribution is 4.76. The van der Waals surface area contributed by atoms with Gasteiger partial charge in [-0.25, -0.2) is 0 Å². The normalized spacial score (nSPS) is 25.4. The average molecular weight is 184 g/mol. The molecule has 1 unspecified atom stereocenters. The summed E-state index contributed by atoms with van der Waals surface area (Å²) < 4.78 is 0. The van der Waals surface area contributed by atoms with Crippen LogP contribution in [0, 0.1) is 5.92 Å². The molecule has 0 amide bonds. The van der Waals surface area contributed by atoms with Gasteiger partial charge in [0.25, 0.3) is 0 Å². The molecule has 0 spiro atoms. The van der Waals surface area contributed by atoms with Crippen LogP contribution in [0.4, 0.5) is 0 Å². The zero-order valence-electron chi connectivity index (χ0n) is 9.34. The van der Waals surface area contributed by atoms with Gasteiger partial charge in [-0.05, 0) is 45.3 Å². The largest absolute Gasteiger partial charge is 0.313 e. The molecule has 1 aliphatic rings. The van der Waals surface area contributed by atoms with Crippen LogP contribution in [0.3, 0.4) is 0 Å². The van der Waals surface area contributed by atoms with Gasteiger partial charge in [-0.15, -0.1) is 0 Å². The number of nitrogens with one attached hydrogen (secondary N) is 1. The van der Waals surface area contributed by atoms with Gasteiger partial charge in [-0.3, -0.25) is 0 Å². The third-order valence-electron chi connectivity index (χ3n) is 2.78. The Morgan fingerprint density at radius 1 is 1.46 bits per heavy atom. The molecule has 13 heavy (non-hydrogen) atoms. The van der Waals surface area contributed by atoms with E-state index in [0.717, 1.165) is 12.0 Å². The van der Waals surface area contributed by atoms with Crippen molar-refractivity contribution in [3.8, 4) is 0 Å². The van der Waals surface area contributed by atoms with Crippen molar-refractivity contribution in [2.45, 2.75) is 39.2 Å². The molecule has 0 aliphatic carbocycles. The molecule has 0 aromatic carbocycles. The van der Waals surface area contributed by atoms with Crippen LogP contribution in [0.25, 0.3) is 0 Å². The Morgan fingerprint density at radius 3 is 2.85 bits per heavy atom. The zero-order chi connectivity index (χ0) is 9.68. The number of nitrogens with zero attached hydrogens (tertiary/aromatic N) is 1. The third kappa shape index (κ3) is 4.63. The molecule has 1 rings (SSSR count). The lowest BCUT2D eigenvalue weighted by atomic mass is 10.1. The molecule has 78 valence electrons. The van der Waals surface area contributed by atoms with E-state index in [1.165, 1.54) is 38.9 Å². The van der Waals surface area contributed by atoms with E-state index in [1.807, 2.05) is 0 Å². The van der Waals surface area contributed by atoms with Crippen molar-refractivity contribution >= 4 is 0 Å². The van der Waals surface area contributed by atoms with E-state index >= 15 is 0 Å². The summed E-state index contributed by atoms with van der Waals surface area (Å²) in [5.41, 5.74) is 0. The number of likely N-dealkylation sites (N-methyl/N-ethyl adjacent to an activating group) is 1.